The Labute approximate surface area is 124 Å². The predicted octanol–water partition coefficient (Wildman–Crippen LogP) is 1.09. The number of aryl methyl sites for hydroxylation is 1. The van der Waals surface area contributed by atoms with E-state index in [4.69, 9.17) is 4.74 Å². The largest absolute Gasteiger partial charge is 0.391 e. The van der Waals surface area contributed by atoms with Crippen molar-refractivity contribution in [2.45, 2.75) is 50.4 Å². The van der Waals surface area contributed by atoms with Gasteiger partial charge in [0.15, 0.2) is 0 Å². The van der Waals surface area contributed by atoms with Crippen LogP contribution in [0.4, 0.5) is 0 Å². The summed E-state index contributed by atoms with van der Waals surface area (Å²) < 4.78 is 6.79. The van der Waals surface area contributed by atoms with E-state index in [-0.39, 0.29) is 11.4 Å². The van der Waals surface area contributed by atoms with Crippen LogP contribution in [0.25, 0.3) is 0 Å². The number of aromatic nitrogens is 2. The summed E-state index contributed by atoms with van der Waals surface area (Å²) in [6.45, 7) is 0.951. The molecular formula is C15H23N3O3. The molecule has 21 heavy (non-hydrogen) atoms. The highest BCUT2D eigenvalue weighted by Crippen LogP contribution is 2.44. The average molecular weight is 293 g/mol. The van der Waals surface area contributed by atoms with Gasteiger partial charge in [-0.2, -0.15) is 5.10 Å². The fraction of sp³-hybridized carbons (Fsp3) is 0.733. The zero-order valence-electron chi connectivity index (χ0n) is 12.7. The van der Waals surface area contributed by atoms with E-state index in [1.807, 2.05) is 4.90 Å². The lowest BCUT2D eigenvalue weighted by atomic mass is 9.91. The van der Waals surface area contributed by atoms with E-state index in [0.717, 1.165) is 25.7 Å². The summed E-state index contributed by atoms with van der Waals surface area (Å²) in [7, 11) is 3.40. The van der Waals surface area contributed by atoms with E-state index in [1.54, 1.807) is 25.0 Å². The van der Waals surface area contributed by atoms with Crippen molar-refractivity contribution >= 4 is 5.91 Å². The third-order valence-corrected chi connectivity index (χ3v) is 4.92. The van der Waals surface area contributed by atoms with Gasteiger partial charge in [0, 0.05) is 26.9 Å². The maximum absolute atomic E-state index is 13.0. The molecule has 0 bridgehead atoms. The van der Waals surface area contributed by atoms with Crippen molar-refractivity contribution in [1.29, 1.82) is 0 Å². The van der Waals surface area contributed by atoms with Crippen LogP contribution in [-0.2, 0) is 18.4 Å². The summed E-state index contributed by atoms with van der Waals surface area (Å²) >= 11 is 0. The zero-order chi connectivity index (χ0) is 15.0. The number of hydrogen-bond acceptors (Lipinski definition) is 4. The molecule has 1 aliphatic heterocycles. The fourth-order valence-electron chi connectivity index (χ4n) is 3.92. The second-order valence-electron chi connectivity index (χ2n) is 6.17. The first kappa shape index (κ1) is 14.5. The first-order valence-corrected chi connectivity index (χ1v) is 7.60. The molecule has 2 heterocycles. The number of hydrogen-bond donors (Lipinski definition) is 1. The van der Waals surface area contributed by atoms with Gasteiger partial charge in [-0.05, 0) is 19.3 Å². The van der Waals surface area contributed by atoms with Crippen molar-refractivity contribution in [1.82, 2.24) is 14.7 Å². The van der Waals surface area contributed by atoms with E-state index < -0.39 is 6.10 Å². The lowest BCUT2D eigenvalue weighted by Gasteiger charge is -2.37. The standard InChI is InChI=1S/C15H23N3O3/c1-17-9-11(12(16-17)10-21-2)14(20)18-8-5-13(19)15(18)6-3-4-7-15/h9,13,19H,3-8,10H2,1-2H3. The van der Waals surface area contributed by atoms with Gasteiger partial charge in [-0.15, -0.1) is 0 Å². The number of carbonyl (C=O) groups is 1. The third-order valence-electron chi connectivity index (χ3n) is 4.92. The second kappa shape index (κ2) is 5.42. The van der Waals surface area contributed by atoms with E-state index in [9.17, 15) is 9.90 Å². The van der Waals surface area contributed by atoms with Gasteiger partial charge in [-0.25, -0.2) is 0 Å². The average Bonchev–Trinajstić information content (AvgIpc) is 3.14. The van der Waals surface area contributed by atoms with Crippen LogP contribution in [0.5, 0.6) is 0 Å². The van der Waals surface area contributed by atoms with Crippen LogP contribution in [0.1, 0.15) is 48.2 Å². The molecule has 6 heteroatoms. The number of rotatable bonds is 3. The van der Waals surface area contributed by atoms with Crippen LogP contribution in [0.2, 0.25) is 0 Å². The van der Waals surface area contributed by atoms with E-state index in [0.29, 0.717) is 30.8 Å². The maximum Gasteiger partial charge on any atom is 0.257 e. The molecule has 1 aromatic heterocycles. The Kier molecular flexibility index (Phi) is 3.75. The van der Waals surface area contributed by atoms with Gasteiger partial charge in [0.1, 0.15) is 5.69 Å². The summed E-state index contributed by atoms with van der Waals surface area (Å²) in [5.41, 5.74) is 0.913. The number of aliphatic hydroxyl groups is 1. The van der Waals surface area contributed by atoms with E-state index in [1.165, 1.54) is 0 Å². The Bertz CT molecular complexity index is 534. The minimum atomic E-state index is -0.397. The molecule has 1 unspecified atom stereocenters. The van der Waals surface area contributed by atoms with E-state index in [2.05, 4.69) is 5.10 Å². The van der Waals surface area contributed by atoms with Crippen molar-refractivity contribution < 1.29 is 14.6 Å². The highest BCUT2D eigenvalue weighted by Gasteiger charge is 2.52. The molecule has 1 amide bonds. The third kappa shape index (κ3) is 2.26. The highest BCUT2D eigenvalue weighted by molar-refractivity contribution is 5.96. The smallest absolute Gasteiger partial charge is 0.257 e. The van der Waals surface area contributed by atoms with E-state index >= 15 is 0 Å². The van der Waals surface area contributed by atoms with Crippen molar-refractivity contribution in [3.8, 4) is 0 Å². The maximum atomic E-state index is 13.0. The summed E-state index contributed by atoms with van der Waals surface area (Å²) in [4.78, 5) is 14.9. The number of amides is 1. The molecule has 1 spiro atoms. The number of ether oxygens (including phenoxy) is 1. The Morgan fingerprint density at radius 3 is 2.90 bits per heavy atom. The molecule has 1 aliphatic carbocycles. The summed E-state index contributed by atoms with van der Waals surface area (Å²) in [5, 5.41) is 14.7. The van der Waals surface area contributed by atoms with Gasteiger partial charge in [-0.1, -0.05) is 12.8 Å². The van der Waals surface area contributed by atoms with Crippen LogP contribution in [0.15, 0.2) is 6.20 Å². The molecule has 1 saturated heterocycles. The first-order chi connectivity index (χ1) is 10.1. The number of nitrogens with zero attached hydrogens (tertiary/aromatic N) is 3. The van der Waals surface area contributed by atoms with Gasteiger partial charge < -0.3 is 14.7 Å². The van der Waals surface area contributed by atoms with Crippen molar-refractivity contribution in [3.05, 3.63) is 17.5 Å². The monoisotopic (exact) mass is 293 g/mol. The first-order valence-electron chi connectivity index (χ1n) is 7.60. The predicted molar refractivity (Wildman–Crippen MR) is 76.8 cm³/mol. The van der Waals surface area contributed by atoms with Crippen molar-refractivity contribution in [2.75, 3.05) is 13.7 Å². The Hall–Kier alpha value is -1.40. The summed E-state index contributed by atoms with van der Waals surface area (Å²) in [6.07, 6.45) is 6.00. The Balaban J connectivity index is 1.91. The van der Waals surface area contributed by atoms with Gasteiger partial charge >= 0.3 is 0 Å². The van der Waals surface area contributed by atoms with Crippen molar-refractivity contribution in [3.63, 3.8) is 0 Å². The SMILES string of the molecule is COCc1nn(C)cc1C(=O)N1CCC(O)C12CCCC2. The Morgan fingerprint density at radius 2 is 2.24 bits per heavy atom. The van der Waals surface area contributed by atoms with Crippen LogP contribution >= 0.6 is 0 Å². The fourth-order valence-corrected chi connectivity index (χ4v) is 3.92. The number of methoxy groups -OCH3 is 1. The lowest BCUT2D eigenvalue weighted by Crippen LogP contribution is -2.51. The highest BCUT2D eigenvalue weighted by atomic mass is 16.5. The summed E-state index contributed by atoms with van der Waals surface area (Å²) in [5.74, 6) is -0.0198. The van der Waals surface area contributed by atoms with Crippen LogP contribution in [-0.4, -0.2) is 51.0 Å². The zero-order valence-corrected chi connectivity index (χ0v) is 12.7. The van der Waals surface area contributed by atoms with Gasteiger partial charge in [-0.3, -0.25) is 9.48 Å². The minimum absolute atomic E-state index is 0.0198. The minimum Gasteiger partial charge on any atom is -0.391 e. The second-order valence-corrected chi connectivity index (χ2v) is 6.17. The molecule has 1 atom stereocenters. The molecule has 0 radical (unpaired) electrons. The van der Waals surface area contributed by atoms with Gasteiger partial charge in [0.05, 0.1) is 23.8 Å². The molecule has 3 rings (SSSR count). The van der Waals surface area contributed by atoms with Crippen LogP contribution < -0.4 is 0 Å². The molecule has 1 N–H and O–H groups in total. The van der Waals surface area contributed by atoms with Crippen LogP contribution in [0.3, 0.4) is 0 Å². The summed E-state index contributed by atoms with van der Waals surface area (Å²) in [6, 6.07) is 0. The lowest BCUT2D eigenvalue weighted by molar-refractivity contribution is 0.0258. The van der Waals surface area contributed by atoms with Gasteiger partial charge in [0.2, 0.25) is 0 Å². The molecule has 2 fully saturated rings. The molecular weight excluding hydrogens is 270 g/mol. The molecule has 0 aromatic carbocycles. The number of likely N-dealkylation sites (tertiary alicyclic amines) is 1. The normalized spacial score (nSPS) is 24.1. The molecule has 1 aromatic rings. The molecule has 1 saturated carbocycles. The molecule has 2 aliphatic rings. The van der Waals surface area contributed by atoms with Crippen molar-refractivity contribution in [2.24, 2.45) is 7.05 Å². The quantitative estimate of drug-likeness (QED) is 0.906. The number of aliphatic hydroxyl groups excluding tert-OH is 1. The molecule has 6 nitrogen and oxygen atoms in total. The van der Waals surface area contributed by atoms with Gasteiger partial charge in [0.25, 0.3) is 5.91 Å². The van der Waals surface area contributed by atoms with Crippen LogP contribution in [0, 0.1) is 0 Å². The topological polar surface area (TPSA) is 67.6 Å². The molecule has 116 valence electrons. The number of carbonyl (C=O) groups excluding carboxylic acids is 1. The Morgan fingerprint density at radius 1 is 1.52 bits per heavy atom.